The molecular weight excluding hydrogens is 306 g/mol. The Bertz CT molecular complexity index is 922. The van der Waals surface area contributed by atoms with Gasteiger partial charge in [-0.05, 0) is 12.1 Å². The van der Waals surface area contributed by atoms with E-state index < -0.39 is 0 Å². The standard InChI is InChI=1S/C18H21N3O3/c1-23-15-4-2-3-13-16-14(5-6-19-18(16)22)21(17(13)15)8-7-20-9-11-24-12-10-20/h2-6H,7-12H2,1H3,(H,19,22). The van der Waals surface area contributed by atoms with Gasteiger partial charge in [-0.3, -0.25) is 9.69 Å². The van der Waals surface area contributed by atoms with Crippen molar-refractivity contribution in [3.05, 3.63) is 40.8 Å². The number of hydrogen-bond donors (Lipinski definition) is 1. The van der Waals surface area contributed by atoms with Crippen LogP contribution in [0.25, 0.3) is 21.8 Å². The van der Waals surface area contributed by atoms with Crippen LogP contribution in [0.5, 0.6) is 5.75 Å². The lowest BCUT2D eigenvalue weighted by atomic mass is 10.2. The quantitative estimate of drug-likeness (QED) is 0.794. The summed E-state index contributed by atoms with van der Waals surface area (Å²) in [7, 11) is 1.67. The molecule has 0 saturated carbocycles. The number of methoxy groups -OCH3 is 1. The molecule has 1 N–H and O–H groups in total. The number of H-pyrrole nitrogens is 1. The summed E-state index contributed by atoms with van der Waals surface area (Å²) in [6.45, 7) is 5.22. The van der Waals surface area contributed by atoms with E-state index in [2.05, 4.69) is 14.5 Å². The molecule has 6 heteroatoms. The summed E-state index contributed by atoms with van der Waals surface area (Å²) in [5.41, 5.74) is 1.88. The Kier molecular flexibility index (Phi) is 4.00. The number of morpholine rings is 1. The van der Waals surface area contributed by atoms with Crippen molar-refractivity contribution >= 4 is 21.8 Å². The van der Waals surface area contributed by atoms with Gasteiger partial charge in [-0.1, -0.05) is 12.1 Å². The van der Waals surface area contributed by atoms with Crippen molar-refractivity contribution in [1.29, 1.82) is 0 Å². The Balaban J connectivity index is 1.84. The first-order valence-electron chi connectivity index (χ1n) is 8.26. The molecule has 6 nitrogen and oxygen atoms in total. The molecule has 24 heavy (non-hydrogen) atoms. The predicted molar refractivity (Wildman–Crippen MR) is 93.9 cm³/mol. The van der Waals surface area contributed by atoms with Crippen LogP contribution in [0.2, 0.25) is 0 Å². The van der Waals surface area contributed by atoms with Crippen molar-refractivity contribution in [1.82, 2.24) is 14.5 Å². The molecule has 1 aromatic carbocycles. The highest BCUT2D eigenvalue weighted by molar-refractivity contribution is 6.09. The summed E-state index contributed by atoms with van der Waals surface area (Å²) in [6.07, 6.45) is 1.71. The van der Waals surface area contributed by atoms with Gasteiger partial charge in [-0.2, -0.15) is 0 Å². The number of pyridine rings is 1. The smallest absolute Gasteiger partial charge is 0.258 e. The van der Waals surface area contributed by atoms with Gasteiger partial charge in [-0.25, -0.2) is 0 Å². The molecule has 1 aliphatic heterocycles. The zero-order valence-electron chi connectivity index (χ0n) is 13.7. The van der Waals surface area contributed by atoms with Gasteiger partial charge in [-0.15, -0.1) is 0 Å². The lowest BCUT2D eigenvalue weighted by Crippen LogP contribution is -2.38. The van der Waals surface area contributed by atoms with Crippen LogP contribution >= 0.6 is 0 Å². The summed E-state index contributed by atoms with van der Waals surface area (Å²) >= 11 is 0. The molecule has 0 unspecified atom stereocenters. The van der Waals surface area contributed by atoms with Gasteiger partial charge < -0.3 is 19.0 Å². The number of benzene rings is 1. The molecule has 1 fully saturated rings. The molecule has 1 aliphatic rings. The fourth-order valence-corrected chi connectivity index (χ4v) is 3.54. The van der Waals surface area contributed by atoms with Gasteiger partial charge in [0.25, 0.3) is 5.56 Å². The first-order valence-corrected chi connectivity index (χ1v) is 8.26. The minimum atomic E-state index is -0.0594. The maximum absolute atomic E-state index is 12.4. The van der Waals surface area contributed by atoms with Crippen molar-refractivity contribution in [3.63, 3.8) is 0 Å². The molecule has 0 amide bonds. The number of nitrogens with zero attached hydrogens (tertiary/aromatic N) is 2. The summed E-state index contributed by atoms with van der Waals surface area (Å²) in [5.74, 6) is 0.796. The van der Waals surface area contributed by atoms with Crippen molar-refractivity contribution < 1.29 is 9.47 Å². The number of aromatic amines is 1. The van der Waals surface area contributed by atoms with E-state index in [0.717, 1.165) is 66.9 Å². The second-order valence-electron chi connectivity index (χ2n) is 6.03. The minimum absolute atomic E-state index is 0.0594. The highest BCUT2D eigenvalue weighted by Gasteiger charge is 2.18. The predicted octanol–water partition coefficient (Wildman–Crippen LogP) is 1.82. The van der Waals surface area contributed by atoms with Gasteiger partial charge in [0.15, 0.2) is 0 Å². The Morgan fingerprint density at radius 1 is 1.21 bits per heavy atom. The normalized spacial score (nSPS) is 16.0. The Hall–Kier alpha value is -2.31. The third-order valence-electron chi connectivity index (χ3n) is 4.73. The Morgan fingerprint density at radius 2 is 2.04 bits per heavy atom. The Labute approximate surface area is 139 Å². The molecule has 0 spiro atoms. The van der Waals surface area contributed by atoms with Gasteiger partial charge in [0.1, 0.15) is 5.75 Å². The first kappa shape index (κ1) is 15.2. The monoisotopic (exact) mass is 327 g/mol. The van der Waals surface area contributed by atoms with Crippen molar-refractivity contribution in [2.75, 3.05) is 40.0 Å². The highest BCUT2D eigenvalue weighted by atomic mass is 16.5. The molecule has 3 heterocycles. The summed E-state index contributed by atoms with van der Waals surface area (Å²) in [6, 6.07) is 7.83. The minimum Gasteiger partial charge on any atom is -0.495 e. The van der Waals surface area contributed by atoms with E-state index >= 15 is 0 Å². The van der Waals surface area contributed by atoms with Gasteiger partial charge in [0.2, 0.25) is 0 Å². The van der Waals surface area contributed by atoms with Gasteiger partial charge in [0, 0.05) is 37.8 Å². The van der Waals surface area contributed by atoms with Crippen LogP contribution in [0, 0.1) is 0 Å². The number of ether oxygens (including phenoxy) is 2. The van der Waals surface area contributed by atoms with E-state index in [1.165, 1.54) is 0 Å². The Morgan fingerprint density at radius 3 is 2.83 bits per heavy atom. The number of aromatic nitrogens is 2. The van der Waals surface area contributed by atoms with Crippen molar-refractivity contribution in [2.24, 2.45) is 0 Å². The second kappa shape index (κ2) is 6.30. The lowest BCUT2D eigenvalue weighted by molar-refractivity contribution is 0.0366. The molecule has 2 aromatic heterocycles. The van der Waals surface area contributed by atoms with E-state index in [-0.39, 0.29) is 5.56 Å². The number of nitrogens with one attached hydrogen (secondary N) is 1. The molecule has 0 atom stereocenters. The highest BCUT2D eigenvalue weighted by Crippen LogP contribution is 2.32. The van der Waals surface area contributed by atoms with Crippen LogP contribution < -0.4 is 10.3 Å². The average molecular weight is 327 g/mol. The summed E-state index contributed by atoms with van der Waals surface area (Å²) < 4.78 is 13.2. The maximum Gasteiger partial charge on any atom is 0.258 e. The zero-order chi connectivity index (χ0) is 16.5. The van der Waals surface area contributed by atoms with E-state index in [9.17, 15) is 4.79 Å². The van der Waals surface area contributed by atoms with E-state index in [4.69, 9.17) is 9.47 Å². The van der Waals surface area contributed by atoms with Crippen LogP contribution in [-0.4, -0.2) is 54.4 Å². The van der Waals surface area contributed by atoms with Crippen LogP contribution in [0.15, 0.2) is 35.3 Å². The fraction of sp³-hybridized carbons (Fsp3) is 0.389. The van der Waals surface area contributed by atoms with Crippen molar-refractivity contribution in [3.8, 4) is 5.75 Å². The largest absolute Gasteiger partial charge is 0.495 e. The number of para-hydroxylation sites is 1. The van der Waals surface area contributed by atoms with Crippen LogP contribution in [-0.2, 0) is 11.3 Å². The lowest BCUT2D eigenvalue weighted by Gasteiger charge is -2.27. The van der Waals surface area contributed by atoms with E-state index in [1.807, 2.05) is 24.3 Å². The average Bonchev–Trinajstić information content (AvgIpc) is 2.96. The number of rotatable bonds is 4. The van der Waals surface area contributed by atoms with Crippen molar-refractivity contribution in [2.45, 2.75) is 6.54 Å². The summed E-state index contributed by atoms with van der Waals surface area (Å²) in [4.78, 5) is 17.6. The topological polar surface area (TPSA) is 59.5 Å². The van der Waals surface area contributed by atoms with Gasteiger partial charge >= 0.3 is 0 Å². The molecular formula is C18H21N3O3. The molecule has 3 aromatic rings. The molecule has 0 bridgehead atoms. The van der Waals surface area contributed by atoms with Crippen LogP contribution in [0.4, 0.5) is 0 Å². The maximum atomic E-state index is 12.4. The van der Waals surface area contributed by atoms with E-state index in [0.29, 0.717) is 0 Å². The van der Waals surface area contributed by atoms with Crippen LogP contribution in [0.3, 0.4) is 0 Å². The third kappa shape index (κ3) is 2.48. The van der Waals surface area contributed by atoms with E-state index in [1.54, 1.807) is 13.3 Å². The number of hydrogen-bond acceptors (Lipinski definition) is 4. The van der Waals surface area contributed by atoms with Crippen LogP contribution in [0.1, 0.15) is 0 Å². The molecule has 126 valence electrons. The molecule has 4 rings (SSSR count). The fourth-order valence-electron chi connectivity index (χ4n) is 3.54. The molecule has 0 radical (unpaired) electrons. The third-order valence-corrected chi connectivity index (χ3v) is 4.73. The van der Waals surface area contributed by atoms with Gasteiger partial charge in [0.05, 0.1) is 36.7 Å². The number of fused-ring (bicyclic) bond motifs is 3. The summed E-state index contributed by atoms with van der Waals surface area (Å²) in [5, 5.41) is 1.67. The zero-order valence-corrected chi connectivity index (χ0v) is 13.7. The second-order valence-corrected chi connectivity index (χ2v) is 6.03. The molecule has 0 aliphatic carbocycles. The first-order chi connectivity index (χ1) is 11.8. The molecule has 1 saturated heterocycles. The SMILES string of the molecule is COc1cccc2c3c(=O)[nH]ccc3n(CCN3CCOCC3)c12.